The summed E-state index contributed by atoms with van der Waals surface area (Å²) in [4.78, 5) is 18.9. The number of nitrogens with one attached hydrogen (secondary N) is 1. The Morgan fingerprint density at radius 2 is 1.70 bits per heavy atom. The van der Waals surface area contributed by atoms with Crippen LogP contribution in [-0.2, 0) is 7.05 Å². The van der Waals surface area contributed by atoms with Crippen molar-refractivity contribution in [1.82, 2.24) is 19.7 Å². The van der Waals surface area contributed by atoms with Gasteiger partial charge in [-0.3, -0.25) is 4.68 Å². The molecule has 0 saturated carbocycles. The lowest BCUT2D eigenvalue weighted by atomic mass is 10.0. The maximum Gasteiger partial charge on any atom is 0.345 e. The Bertz CT molecular complexity index is 1050. The first kappa shape index (κ1) is 13.5. The molecular weight excluding hydrogens is 288 g/mol. The van der Waals surface area contributed by atoms with Crippen LogP contribution >= 0.6 is 0 Å². The fourth-order valence-electron chi connectivity index (χ4n) is 2.78. The topological polar surface area (TPSA) is 63.6 Å². The Morgan fingerprint density at radius 1 is 0.957 bits per heavy atom. The number of hydrogen-bond donors (Lipinski definition) is 1. The van der Waals surface area contributed by atoms with Gasteiger partial charge in [-0.15, -0.1) is 0 Å². The molecule has 0 saturated heterocycles. The van der Waals surface area contributed by atoms with Crippen LogP contribution in [0.5, 0.6) is 0 Å². The van der Waals surface area contributed by atoms with Crippen LogP contribution in [0.3, 0.4) is 0 Å². The lowest BCUT2D eigenvalue weighted by Gasteiger charge is -2.05. The van der Waals surface area contributed by atoms with E-state index < -0.39 is 0 Å². The summed E-state index contributed by atoms with van der Waals surface area (Å²) in [5.41, 5.74) is 3.72. The summed E-state index contributed by atoms with van der Waals surface area (Å²) >= 11 is 0. The van der Waals surface area contributed by atoms with E-state index in [0.717, 1.165) is 27.7 Å². The quantitative estimate of drug-likeness (QED) is 0.619. The van der Waals surface area contributed by atoms with Crippen molar-refractivity contribution in [2.24, 2.45) is 7.05 Å². The minimum absolute atomic E-state index is 0.360. The Balaban J connectivity index is 2.05. The molecule has 5 heteroatoms. The lowest BCUT2D eigenvalue weighted by Crippen LogP contribution is -2.11. The number of aryl methyl sites for hydroxylation is 1. The van der Waals surface area contributed by atoms with Gasteiger partial charge in [0.05, 0.1) is 11.2 Å². The number of fused-ring (bicyclic) bond motifs is 1. The van der Waals surface area contributed by atoms with Crippen molar-refractivity contribution in [3.63, 3.8) is 0 Å². The van der Waals surface area contributed by atoms with Gasteiger partial charge in [0.1, 0.15) is 5.69 Å². The van der Waals surface area contributed by atoms with Crippen molar-refractivity contribution in [1.29, 1.82) is 0 Å². The number of benzene rings is 2. The number of H-pyrrole nitrogens is 1. The number of aromatic nitrogens is 4. The molecule has 0 unspecified atom stereocenters. The summed E-state index contributed by atoms with van der Waals surface area (Å²) in [5.74, 6) is 0. The molecule has 0 aliphatic heterocycles. The molecule has 0 atom stereocenters. The molecular formula is C18H14N4O. The molecule has 112 valence electrons. The second kappa shape index (κ2) is 5.21. The second-order valence-corrected chi connectivity index (χ2v) is 5.37. The number of nitrogens with zero attached hydrogens (tertiary/aromatic N) is 3. The molecule has 4 rings (SSSR count). The van der Waals surface area contributed by atoms with Gasteiger partial charge in [-0.25, -0.2) is 4.79 Å². The molecule has 0 aliphatic carbocycles. The highest BCUT2D eigenvalue weighted by atomic mass is 16.1. The number of hydrogen-bond acceptors (Lipinski definition) is 3. The van der Waals surface area contributed by atoms with Crippen molar-refractivity contribution in [3.05, 3.63) is 71.3 Å². The lowest BCUT2D eigenvalue weighted by molar-refractivity contribution is 0.771. The summed E-state index contributed by atoms with van der Waals surface area (Å²) in [5, 5.41) is 5.46. The van der Waals surface area contributed by atoms with Crippen LogP contribution in [0.25, 0.3) is 33.4 Å². The van der Waals surface area contributed by atoms with Crippen LogP contribution < -0.4 is 5.69 Å². The minimum atomic E-state index is -0.360. The predicted molar refractivity (Wildman–Crippen MR) is 90.0 cm³/mol. The molecule has 0 aliphatic rings. The van der Waals surface area contributed by atoms with E-state index in [1.165, 1.54) is 0 Å². The zero-order valence-electron chi connectivity index (χ0n) is 12.5. The fraction of sp³-hybridized carbons (Fsp3) is 0.0556. The van der Waals surface area contributed by atoms with Crippen LogP contribution in [0.4, 0.5) is 0 Å². The van der Waals surface area contributed by atoms with E-state index in [1.807, 2.05) is 67.8 Å². The van der Waals surface area contributed by atoms with Crippen molar-refractivity contribution < 1.29 is 0 Å². The average Bonchev–Trinajstić information content (AvgIpc) is 2.96. The highest BCUT2D eigenvalue weighted by molar-refractivity contribution is 5.95. The molecule has 5 nitrogen and oxygen atoms in total. The van der Waals surface area contributed by atoms with E-state index in [-0.39, 0.29) is 5.69 Å². The van der Waals surface area contributed by atoms with Crippen molar-refractivity contribution in [3.8, 4) is 22.5 Å². The third-order valence-corrected chi connectivity index (χ3v) is 3.77. The van der Waals surface area contributed by atoms with E-state index in [1.54, 1.807) is 4.68 Å². The van der Waals surface area contributed by atoms with Crippen LogP contribution in [0, 0.1) is 0 Å². The van der Waals surface area contributed by atoms with Gasteiger partial charge in [0.25, 0.3) is 0 Å². The Kier molecular flexibility index (Phi) is 3.05. The molecule has 0 amide bonds. The first-order valence-corrected chi connectivity index (χ1v) is 7.31. The normalized spacial score (nSPS) is 11.0. The third-order valence-electron chi connectivity index (χ3n) is 3.77. The van der Waals surface area contributed by atoms with Gasteiger partial charge in [0, 0.05) is 29.8 Å². The van der Waals surface area contributed by atoms with Crippen LogP contribution in [0.15, 0.2) is 65.6 Å². The van der Waals surface area contributed by atoms with Gasteiger partial charge in [0.15, 0.2) is 0 Å². The van der Waals surface area contributed by atoms with E-state index in [2.05, 4.69) is 15.1 Å². The van der Waals surface area contributed by atoms with E-state index in [9.17, 15) is 4.79 Å². The average molecular weight is 302 g/mol. The van der Waals surface area contributed by atoms with E-state index >= 15 is 0 Å². The predicted octanol–water partition coefficient (Wildman–Crippen LogP) is 2.99. The molecule has 0 spiro atoms. The van der Waals surface area contributed by atoms with E-state index in [0.29, 0.717) is 5.69 Å². The van der Waals surface area contributed by atoms with Crippen LogP contribution in [0.1, 0.15) is 0 Å². The smallest absolute Gasteiger partial charge is 0.305 e. The van der Waals surface area contributed by atoms with Crippen molar-refractivity contribution in [2.75, 3.05) is 0 Å². The number of aromatic amines is 1. The maximum atomic E-state index is 11.9. The van der Waals surface area contributed by atoms with Gasteiger partial charge in [0.2, 0.25) is 0 Å². The SMILES string of the molecule is Cn1cc(-c2nc(=O)[nH]c3ccccc23)c(-c2ccccc2)n1. The minimum Gasteiger partial charge on any atom is -0.305 e. The molecule has 2 heterocycles. The molecule has 0 bridgehead atoms. The highest BCUT2D eigenvalue weighted by Gasteiger charge is 2.16. The van der Waals surface area contributed by atoms with Gasteiger partial charge >= 0.3 is 5.69 Å². The molecule has 1 N–H and O–H groups in total. The molecule has 0 radical (unpaired) electrons. The summed E-state index contributed by atoms with van der Waals surface area (Å²) < 4.78 is 1.75. The largest absolute Gasteiger partial charge is 0.345 e. The Labute approximate surface area is 132 Å². The standard InChI is InChI=1S/C18H14N4O/c1-22-11-14(16(21-22)12-7-3-2-4-8-12)17-13-9-5-6-10-15(13)19-18(23)20-17/h2-11H,1H3,(H,19,20,23). The monoisotopic (exact) mass is 302 g/mol. The molecule has 2 aromatic carbocycles. The first-order valence-electron chi connectivity index (χ1n) is 7.31. The summed E-state index contributed by atoms with van der Waals surface area (Å²) in [6.45, 7) is 0. The third kappa shape index (κ3) is 2.32. The Morgan fingerprint density at radius 3 is 2.52 bits per heavy atom. The first-order chi connectivity index (χ1) is 11.2. The van der Waals surface area contributed by atoms with E-state index in [4.69, 9.17) is 0 Å². The highest BCUT2D eigenvalue weighted by Crippen LogP contribution is 2.32. The van der Waals surface area contributed by atoms with Gasteiger partial charge in [-0.2, -0.15) is 10.1 Å². The maximum absolute atomic E-state index is 11.9. The summed E-state index contributed by atoms with van der Waals surface area (Å²) in [6, 6.07) is 17.6. The Hall–Kier alpha value is -3.21. The zero-order chi connectivity index (χ0) is 15.8. The number of para-hydroxylation sites is 1. The van der Waals surface area contributed by atoms with Gasteiger partial charge in [-0.1, -0.05) is 48.5 Å². The molecule has 2 aromatic heterocycles. The summed E-state index contributed by atoms with van der Waals surface area (Å²) in [7, 11) is 1.87. The van der Waals surface area contributed by atoms with Crippen molar-refractivity contribution in [2.45, 2.75) is 0 Å². The summed E-state index contributed by atoms with van der Waals surface area (Å²) in [6.07, 6.45) is 1.90. The molecule has 0 fully saturated rings. The van der Waals surface area contributed by atoms with Crippen LogP contribution in [0.2, 0.25) is 0 Å². The zero-order valence-corrected chi connectivity index (χ0v) is 12.5. The number of rotatable bonds is 2. The van der Waals surface area contributed by atoms with Crippen molar-refractivity contribution >= 4 is 10.9 Å². The second-order valence-electron chi connectivity index (χ2n) is 5.37. The van der Waals surface area contributed by atoms with Gasteiger partial charge < -0.3 is 4.98 Å². The van der Waals surface area contributed by atoms with Crippen LogP contribution in [-0.4, -0.2) is 19.7 Å². The molecule has 23 heavy (non-hydrogen) atoms. The molecule has 4 aromatic rings. The fourth-order valence-corrected chi connectivity index (χ4v) is 2.78. The van der Waals surface area contributed by atoms with Gasteiger partial charge in [-0.05, 0) is 6.07 Å².